The van der Waals surface area contributed by atoms with Crippen molar-refractivity contribution in [1.82, 2.24) is 15.5 Å². The summed E-state index contributed by atoms with van der Waals surface area (Å²) in [7, 11) is 2.38. The summed E-state index contributed by atoms with van der Waals surface area (Å²) < 4.78 is 0. The van der Waals surface area contributed by atoms with E-state index in [9.17, 15) is 0 Å². The van der Waals surface area contributed by atoms with Gasteiger partial charge < -0.3 is 10.6 Å². The predicted molar refractivity (Wildman–Crippen MR) is 187 cm³/mol. The lowest BCUT2D eigenvalue weighted by molar-refractivity contribution is 0.191. The smallest absolute Gasteiger partial charge is 0.0321 e. The molecule has 7 rings (SSSR count). The van der Waals surface area contributed by atoms with E-state index in [0.717, 1.165) is 0 Å². The fourth-order valence-corrected chi connectivity index (χ4v) is 9.85. The Morgan fingerprint density at radius 2 is 1.77 bits per heavy atom. The third-order valence-electron chi connectivity index (χ3n) is 12.3. The summed E-state index contributed by atoms with van der Waals surface area (Å²) in [6, 6.07) is 2.26. The first-order chi connectivity index (χ1) is 21.7. The Hall–Kier alpha value is -1.94. The van der Waals surface area contributed by atoms with E-state index in [4.69, 9.17) is 0 Å². The van der Waals surface area contributed by atoms with Gasteiger partial charge in [-0.15, -0.1) is 0 Å². The highest BCUT2D eigenvalue weighted by molar-refractivity contribution is 5.50. The molecule has 3 heteroatoms. The van der Waals surface area contributed by atoms with Gasteiger partial charge in [0.1, 0.15) is 0 Å². The third-order valence-corrected chi connectivity index (χ3v) is 12.3. The Labute approximate surface area is 268 Å². The quantitative estimate of drug-likeness (QED) is 0.289. The number of hydrogen-bond donors (Lipinski definition) is 2. The molecule has 2 N–H and O–H groups in total. The number of piperidine rings is 2. The molecular formula is C41H59N3. The van der Waals surface area contributed by atoms with Crippen molar-refractivity contribution in [2.75, 3.05) is 20.1 Å². The van der Waals surface area contributed by atoms with Gasteiger partial charge in [-0.2, -0.15) is 0 Å². The minimum absolute atomic E-state index is 0.415. The van der Waals surface area contributed by atoms with Crippen molar-refractivity contribution in [2.24, 2.45) is 23.7 Å². The maximum Gasteiger partial charge on any atom is 0.0321 e. The molecule has 7 aliphatic rings. The van der Waals surface area contributed by atoms with Crippen LogP contribution in [0, 0.1) is 23.7 Å². The van der Waals surface area contributed by atoms with Crippen molar-refractivity contribution in [2.45, 2.75) is 127 Å². The van der Waals surface area contributed by atoms with Crippen molar-refractivity contribution in [3.05, 3.63) is 83.1 Å². The summed E-state index contributed by atoms with van der Waals surface area (Å²) in [6.07, 6.45) is 46.3. The molecule has 2 fully saturated rings. The van der Waals surface area contributed by atoms with E-state index in [0.29, 0.717) is 47.8 Å². The van der Waals surface area contributed by atoms with Crippen LogP contribution in [0.3, 0.4) is 0 Å². The topological polar surface area (TPSA) is 27.3 Å². The molecule has 2 heterocycles. The Kier molecular flexibility index (Phi) is 10.2. The standard InChI is InChI=1S/C41H59N3/c1-44-24-11-9-20-41(44)36-26-35(39-19-8-10-23-42-39)27-37(28-36)43-40-22-21-33(31-15-6-3-7-16-31)29-38(40)34-18-12-17-32(25-34)30-13-4-2-5-14-30/h6,12-13,15-17,21-22,26,29,32,34-35,37-43H,2-5,7-11,14,18-20,23-25,27-28H2,1H3. The number of nitrogens with one attached hydrogen (secondary N) is 2. The van der Waals surface area contributed by atoms with E-state index in [1.807, 2.05) is 0 Å². The fourth-order valence-electron chi connectivity index (χ4n) is 9.85. The van der Waals surface area contributed by atoms with Gasteiger partial charge in [0.2, 0.25) is 0 Å². The van der Waals surface area contributed by atoms with Gasteiger partial charge in [-0.1, -0.05) is 84.7 Å². The summed E-state index contributed by atoms with van der Waals surface area (Å²) in [5, 5.41) is 8.33. The molecule has 238 valence electrons. The van der Waals surface area contributed by atoms with Crippen LogP contribution in [-0.2, 0) is 0 Å². The molecule has 5 aliphatic carbocycles. The number of likely N-dealkylation sites (tertiary alicyclic amines) is 1. The van der Waals surface area contributed by atoms with E-state index < -0.39 is 0 Å². The molecular weight excluding hydrogens is 534 g/mol. The number of likely N-dealkylation sites (N-methyl/N-ethyl adjacent to an activating group) is 1. The lowest BCUT2D eigenvalue weighted by Crippen LogP contribution is -2.50. The average molecular weight is 594 g/mol. The van der Waals surface area contributed by atoms with E-state index in [-0.39, 0.29) is 0 Å². The highest BCUT2D eigenvalue weighted by Gasteiger charge is 2.37. The van der Waals surface area contributed by atoms with Crippen molar-refractivity contribution < 1.29 is 0 Å². The second-order valence-corrected chi connectivity index (χ2v) is 15.3. The van der Waals surface area contributed by atoms with Crippen LogP contribution >= 0.6 is 0 Å². The Morgan fingerprint density at radius 1 is 0.818 bits per heavy atom. The molecule has 8 unspecified atom stereocenters. The van der Waals surface area contributed by atoms with Crippen molar-refractivity contribution in [3.63, 3.8) is 0 Å². The molecule has 0 aromatic heterocycles. The largest absolute Gasteiger partial charge is 0.313 e. The molecule has 0 saturated carbocycles. The maximum absolute atomic E-state index is 4.38. The second kappa shape index (κ2) is 14.7. The zero-order valence-electron chi connectivity index (χ0n) is 27.6. The van der Waals surface area contributed by atoms with Crippen LogP contribution in [0.2, 0.25) is 0 Å². The summed E-state index contributed by atoms with van der Waals surface area (Å²) in [5.74, 6) is 2.54. The molecule has 2 aliphatic heterocycles. The molecule has 0 aromatic rings. The van der Waals surface area contributed by atoms with Gasteiger partial charge >= 0.3 is 0 Å². The van der Waals surface area contributed by atoms with Crippen LogP contribution in [0.4, 0.5) is 0 Å². The fraction of sp³-hybridized carbons (Fsp3) is 0.659. The lowest BCUT2D eigenvalue weighted by atomic mass is 9.70. The van der Waals surface area contributed by atoms with Gasteiger partial charge in [0.05, 0.1) is 0 Å². The number of allylic oxidation sites excluding steroid dienone is 10. The molecule has 0 amide bonds. The Morgan fingerprint density at radius 3 is 2.59 bits per heavy atom. The van der Waals surface area contributed by atoms with Crippen LogP contribution in [-0.4, -0.2) is 49.2 Å². The molecule has 2 saturated heterocycles. The van der Waals surface area contributed by atoms with Gasteiger partial charge in [-0.25, -0.2) is 0 Å². The molecule has 0 spiro atoms. The number of rotatable bonds is 7. The molecule has 3 nitrogen and oxygen atoms in total. The summed E-state index contributed by atoms with van der Waals surface area (Å²) in [6.45, 7) is 2.45. The number of nitrogens with zero attached hydrogens (tertiary/aromatic N) is 1. The first kappa shape index (κ1) is 30.7. The van der Waals surface area contributed by atoms with Crippen LogP contribution in [0.5, 0.6) is 0 Å². The van der Waals surface area contributed by atoms with E-state index in [1.54, 1.807) is 11.1 Å². The maximum atomic E-state index is 4.38. The average Bonchev–Trinajstić information content (AvgIpc) is 3.10. The van der Waals surface area contributed by atoms with Crippen LogP contribution < -0.4 is 10.6 Å². The Balaban J connectivity index is 1.13. The highest BCUT2D eigenvalue weighted by Crippen LogP contribution is 2.42. The molecule has 0 aromatic carbocycles. The second-order valence-electron chi connectivity index (χ2n) is 15.3. The molecule has 0 bridgehead atoms. The van der Waals surface area contributed by atoms with Gasteiger partial charge in [-0.3, -0.25) is 4.90 Å². The van der Waals surface area contributed by atoms with Gasteiger partial charge in [0.15, 0.2) is 0 Å². The number of hydrogen-bond acceptors (Lipinski definition) is 3. The van der Waals surface area contributed by atoms with E-state index in [2.05, 4.69) is 83.3 Å². The van der Waals surface area contributed by atoms with Crippen LogP contribution in [0.15, 0.2) is 83.1 Å². The van der Waals surface area contributed by atoms with E-state index in [1.165, 1.54) is 127 Å². The highest BCUT2D eigenvalue weighted by atomic mass is 15.1. The normalized spacial score (nSPS) is 38.5. The zero-order valence-corrected chi connectivity index (χ0v) is 27.6. The molecule has 44 heavy (non-hydrogen) atoms. The van der Waals surface area contributed by atoms with E-state index >= 15 is 0 Å². The summed E-state index contributed by atoms with van der Waals surface area (Å²) in [4.78, 5) is 2.67. The summed E-state index contributed by atoms with van der Waals surface area (Å²) >= 11 is 0. The van der Waals surface area contributed by atoms with Crippen LogP contribution in [0.1, 0.15) is 103 Å². The first-order valence-corrected chi connectivity index (χ1v) is 18.7. The van der Waals surface area contributed by atoms with Crippen molar-refractivity contribution >= 4 is 0 Å². The minimum atomic E-state index is 0.415. The minimum Gasteiger partial charge on any atom is -0.313 e. The van der Waals surface area contributed by atoms with Crippen LogP contribution in [0.25, 0.3) is 0 Å². The van der Waals surface area contributed by atoms with Gasteiger partial charge in [0.25, 0.3) is 0 Å². The Bertz CT molecular complexity index is 1210. The predicted octanol–water partition coefficient (Wildman–Crippen LogP) is 8.75. The monoisotopic (exact) mass is 593 g/mol. The molecule has 0 radical (unpaired) electrons. The zero-order chi connectivity index (χ0) is 29.7. The SMILES string of the molecule is CN1CCCCC1C1=CC(C2CCCCN2)CC(NC2C=CC(C3=CCCC=C3)=CC2C2CC=CC(C3=CCCCC3)C2)C1. The lowest BCUT2D eigenvalue weighted by Gasteiger charge is -2.44. The third kappa shape index (κ3) is 7.21. The van der Waals surface area contributed by atoms with Crippen molar-refractivity contribution in [3.8, 4) is 0 Å². The van der Waals surface area contributed by atoms with Gasteiger partial charge in [-0.05, 0) is 145 Å². The first-order valence-electron chi connectivity index (χ1n) is 18.7. The molecule has 8 atom stereocenters. The summed E-state index contributed by atoms with van der Waals surface area (Å²) in [5.41, 5.74) is 6.38. The van der Waals surface area contributed by atoms with Crippen molar-refractivity contribution in [1.29, 1.82) is 0 Å². The van der Waals surface area contributed by atoms with Gasteiger partial charge in [0, 0.05) is 24.2 Å².